The van der Waals surface area contributed by atoms with Crippen LogP contribution >= 0.6 is 27.5 Å². The van der Waals surface area contributed by atoms with Gasteiger partial charge in [-0.1, -0.05) is 39.7 Å². The van der Waals surface area contributed by atoms with E-state index in [2.05, 4.69) is 21.2 Å². The Balaban J connectivity index is 2.06. The van der Waals surface area contributed by atoms with Crippen molar-refractivity contribution in [2.45, 2.75) is 6.42 Å². The zero-order chi connectivity index (χ0) is 15.4. The molecule has 0 bridgehead atoms. The van der Waals surface area contributed by atoms with E-state index in [0.717, 1.165) is 10.0 Å². The maximum atomic E-state index is 11.9. The summed E-state index contributed by atoms with van der Waals surface area (Å²) in [6, 6.07) is 11.5. The lowest BCUT2D eigenvalue weighted by atomic mass is 10.1. The number of halogens is 2. The molecule has 0 atom stereocenters. The number of carbonyl (C=O) groups excluding carboxylic acids is 1. The molecule has 108 valence electrons. The van der Waals surface area contributed by atoms with E-state index in [-0.39, 0.29) is 23.0 Å². The second kappa shape index (κ2) is 6.69. The first-order chi connectivity index (χ1) is 9.95. The van der Waals surface area contributed by atoms with Gasteiger partial charge in [0, 0.05) is 16.2 Å². The summed E-state index contributed by atoms with van der Waals surface area (Å²) >= 11 is 9.13. The summed E-state index contributed by atoms with van der Waals surface area (Å²) in [7, 11) is 0. The minimum atomic E-state index is -0.574. The molecule has 21 heavy (non-hydrogen) atoms. The number of benzene rings is 2. The number of anilines is 1. The Bertz CT molecular complexity index is 706. The Hall–Kier alpha value is -1.92. The van der Waals surface area contributed by atoms with Crippen molar-refractivity contribution in [1.29, 1.82) is 0 Å². The predicted molar refractivity (Wildman–Crippen MR) is 84.6 cm³/mol. The molecule has 0 saturated carbocycles. The maximum absolute atomic E-state index is 11.9. The third-order valence-electron chi connectivity index (χ3n) is 2.68. The fraction of sp³-hybridized carbons (Fsp3) is 0.0714. The van der Waals surface area contributed by atoms with Crippen molar-refractivity contribution in [2.75, 3.05) is 5.32 Å². The van der Waals surface area contributed by atoms with Crippen LogP contribution in [0.25, 0.3) is 0 Å². The molecule has 2 aromatic carbocycles. The molecule has 0 radical (unpaired) electrons. The monoisotopic (exact) mass is 368 g/mol. The summed E-state index contributed by atoms with van der Waals surface area (Å²) in [5.74, 6) is -0.224. The van der Waals surface area contributed by atoms with Crippen molar-refractivity contribution in [3.63, 3.8) is 0 Å². The molecule has 0 saturated heterocycles. The molecule has 0 aliphatic rings. The number of amides is 1. The fourth-order valence-electron chi connectivity index (χ4n) is 1.77. The number of rotatable bonds is 4. The fourth-order valence-corrected chi connectivity index (χ4v) is 2.47. The van der Waals surface area contributed by atoms with Crippen molar-refractivity contribution in [3.05, 3.63) is 67.6 Å². The van der Waals surface area contributed by atoms with Gasteiger partial charge in [0.2, 0.25) is 5.91 Å². The lowest BCUT2D eigenvalue weighted by molar-refractivity contribution is -0.384. The third-order valence-corrected chi connectivity index (χ3v) is 3.48. The first-order valence-corrected chi connectivity index (χ1v) is 7.11. The summed E-state index contributed by atoms with van der Waals surface area (Å²) in [5, 5.41) is 13.3. The van der Waals surface area contributed by atoms with Crippen LogP contribution in [0, 0.1) is 10.1 Å². The molecular weight excluding hydrogens is 360 g/mol. The molecule has 5 nitrogen and oxygen atoms in total. The average Bonchev–Trinajstić information content (AvgIpc) is 2.38. The molecule has 0 spiro atoms. The standard InChI is InChI=1S/C14H10BrClN2O3/c15-10-3-1-2-9(6-10)7-14(19)17-11-4-5-13(18(20)21)12(16)8-11/h1-6,8H,7H2,(H,17,19). The normalized spacial score (nSPS) is 10.2. The van der Waals surface area contributed by atoms with Gasteiger partial charge in [-0.05, 0) is 29.8 Å². The van der Waals surface area contributed by atoms with E-state index in [0.29, 0.717) is 5.69 Å². The molecule has 0 aliphatic carbocycles. The topological polar surface area (TPSA) is 72.2 Å². The van der Waals surface area contributed by atoms with Crippen LogP contribution in [-0.4, -0.2) is 10.8 Å². The molecular formula is C14H10BrClN2O3. The van der Waals surface area contributed by atoms with Gasteiger partial charge >= 0.3 is 0 Å². The Morgan fingerprint density at radius 2 is 2.05 bits per heavy atom. The number of hydrogen-bond donors (Lipinski definition) is 1. The number of nitrogens with zero attached hydrogens (tertiary/aromatic N) is 1. The minimum absolute atomic E-state index is 0.0137. The largest absolute Gasteiger partial charge is 0.326 e. The second-order valence-electron chi connectivity index (χ2n) is 4.28. The number of nitro benzene ring substituents is 1. The number of hydrogen-bond acceptors (Lipinski definition) is 3. The van der Waals surface area contributed by atoms with E-state index < -0.39 is 4.92 Å². The van der Waals surface area contributed by atoms with Crippen LogP contribution in [0.1, 0.15) is 5.56 Å². The van der Waals surface area contributed by atoms with Crippen LogP contribution in [0.3, 0.4) is 0 Å². The highest BCUT2D eigenvalue weighted by Crippen LogP contribution is 2.27. The Kier molecular flexibility index (Phi) is 4.93. The summed E-state index contributed by atoms with van der Waals surface area (Å²) in [5.41, 5.74) is 1.09. The predicted octanol–water partition coefficient (Wildman–Crippen LogP) is 4.19. The SMILES string of the molecule is O=C(Cc1cccc(Br)c1)Nc1ccc([N+](=O)[O-])c(Cl)c1. The van der Waals surface area contributed by atoms with Crippen molar-refractivity contribution in [2.24, 2.45) is 0 Å². The summed E-state index contributed by atoms with van der Waals surface area (Å²) in [6.07, 6.45) is 0.202. The van der Waals surface area contributed by atoms with Gasteiger partial charge < -0.3 is 5.32 Å². The van der Waals surface area contributed by atoms with Gasteiger partial charge in [0.25, 0.3) is 5.69 Å². The molecule has 2 rings (SSSR count). The zero-order valence-corrected chi connectivity index (χ0v) is 13.0. The lowest BCUT2D eigenvalue weighted by Crippen LogP contribution is -2.14. The van der Waals surface area contributed by atoms with E-state index in [4.69, 9.17) is 11.6 Å². The van der Waals surface area contributed by atoms with Crippen LogP contribution in [0.5, 0.6) is 0 Å². The van der Waals surface area contributed by atoms with E-state index in [1.165, 1.54) is 18.2 Å². The minimum Gasteiger partial charge on any atom is -0.326 e. The van der Waals surface area contributed by atoms with Crippen LogP contribution in [0.4, 0.5) is 11.4 Å². The van der Waals surface area contributed by atoms with Crippen LogP contribution in [0.2, 0.25) is 5.02 Å². The van der Waals surface area contributed by atoms with Gasteiger partial charge in [0.05, 0.1) is 11.3 Å². The summed E-state index contributed by atoms with van der Waals surface area (Å²) in [6.45, 7) is 0. The highest BCUT2D eigenvalue weighted by atomic mass is 79.9. The number of carbonyl (C=O) groups is 1. The van der Waals surface area contributed by atoms with Gasteiger partial charge in [-0.15, -0.1) is 0 Å². The third kappa shape index (κ3) is 4.27. The molecule has 1 amide bonds. The summed E-state index contributed by atoms with van der Waals surface area (Å²) in [4.78, 5) is 22.0. The quantitative estimate of drug-likeness (QED) is 0.648. The van der Waals surface area contributed by atoms with Crippen LogP contribution in [0.15, 0.2) is 46.9 Å². The average molecular weight is 370 g/mol. The van der Waals surface area contributed by atoms with E-state index in [9.17, 15) is 14.9 Å². The molecule has 2 aromatic rings. The number of nitro groups is 1. The van der Waals surface area contributed by atoms with Crippen LogP contribution in [-0.2, 0) is 11.2 Å². The van der Waals surface area contributed by atoms with Crippen molar-refractivity contribution in [3.8, 4) is 0 Å². The Morgan fingerprint density at radius 1 is 1.29 bits per heavy atom. The van der Waals surface area contributed by atoms with Crippen molar-refractivity contribution < 1.29 is 9.72 Å². The first-order valence-electron chi connectivity index (χ1n) is 5.94. The molecule has 0 fully saturated rings. The van der Waals surface area contributed by atoms with Gasteiger partial charge in [-0.25, -0.2) is 0 Å². The number of nitrogens with one attached hydrogen (secondary N) is 1. The molecule has 0 aliphatic heterocycles. The molecule has 0 aromatic heterocycles. The van der Waals surface area contributed by atoms with Gasteiger partial charge in [0.1, 0.15) is 5.02 Å². The highest BCUT2D eigenvalue weighted by molar-refractivity contribution is 9.10. The summed E-state index contributed by atoms with van der Waals surface area (Å²) < 4.78 is 0.895. The molecule has 0 unspecified atom stereocenters. The first kappa shape index (κ1) is 15.5. The van der Waals surface area contributed by atoms with Crippen LogP contribution < -0.4 is 5.32 Å². The molecule has 0 heterocycles. The molecule has 1 N–H and O–H groups in total. The Labute approximate surface area is 134 Å². The maximum Gasteiger partial charge on any atom is 0.288 e. The Morgan fingerprint density at radius 3 is 2.67 bits per heavy atom. The zero-order valence-electron chi connectivity index (χ0n) is 10.7. The van der Waals surface area contributed by atoms with Gasteiger partial charge in [-0.3, -0.25) is 14.9 Å². The molecule has 7 heteroatoms. The highest BCUT2D eigenvalue weighted by Gasteiger charge is 2.13. The second-order valence-corrected chi connectivity index (χ2v) is 5.60. The van der Waals surface area contributed by atoms with Crippen molar-refractivity contribution >= 4 is 44.8 Å². The van der Waals surface area contributed by atoms with Gasteiger partial charge in [0.15, 0.2) is 0 Å². The van der Waals surface area contributed by atoms with E-state index in [1.807, 2.05) is 24.3 Å². The van der Waals surface area contributed by atoms with Crippen molar-refractivity contribution in [1.82, 2.24) is 0 Å². The van der Waals surface area contributed by atoms with Gasteiger partial charge in [-0.2, -0.15) is 0 Å². The smallest absolute Gasteiger partial charge is 0.288 e. The lowest BCUT2D eigenvalue weighted by Gasteiger charge is -2.06. The van der Waals surface area contributed by atoms with E-state index in [1.54, 1.807) is 0 Å². The van der Waals surface area contributed by atoms with E-state index >= 15 is 0 Å².